The molecule has 0 saturated heterocycles. The Bertz CT molecular complexity index is 1350. The fourth-order valence-electron chi connectivity index (χ4n) is 3.16. The lowest BCUT2D eigenvalue weighted by molar-refractivity contribution is -0.121. The molecule has 0 saturated carbocycles. The van der Waals surface area contributed by atoms with Crippen LogP contribution in [0.3, 0.4) is 0 Å². The van der Waals surface area contributed by atoms with E-state index in [4.69, 9.17) is 15.1 Å². The second-order valence-electron chi connectivity index (χ2n) is 7.27. The summed E-state index contributed by atoms with van der Waals surface area (Å²) >= 11 is 6.96. The van der Waals surface area contributed by atoms with Gasteiger partial charge in [0.15, 0.2) is 17.3 Å². The summed E-state index contributed by atoms with van der Waals surface area (Å²) in [5, 5.41) is 11.5. The molecule has 4 aromatic rings. The molecule has 170 valence electrons. The van der Waals surface area contributed by atoms with Gasteiger partial charge in [0.05, 0.1) is 27.8 Å². The molecule has 2 heterocycles. The van der Waals surface area contributed by atoms with E-state index >= 15 is 0 Å². The summed E-state index contributed by atoms with van der Waals surface area (Å²) in [7, 11) is 0. The maximum atomic E-state index is 12.7. The van der Waals surface area contributed by atoms with Crippen LogP contribution in [0.2, 0.25) is 0 Å². The molecular weight excluding hydrogens is 558 g/mol. The fraction of sp³-hybridized carbons (Fsp3) is 0.190. The summed E-state index contributed by atoms with van der Waals surface area (Å²) in [5.41, 5.74) is 10.8. The van der Waals surface area contributed by atoms with Gasteiger partial charge in [-0.1, -0.05) is 28.1 Å². The average molecular weight is 577 g/mol. The quantitative estimate of drug-likeness (QED) is 0.249. The van der Waals surface area contributed by atoms with Gasteiger partial charge < -0.3 is 15.0 Å². The zero-order valence-corrected chi connectivity index (χ0v) is 20.8. The van der Waals surface area contributed by atoms with Crippen LogP contribution >= 0.6 is 31.9 Å². The van der Waals surface area contributed by atoms with Crippen molar-refractivity contribution in [3.63, 3.8) is 0 Å². The number of imidazole rings is 1. The first-order chi connectivity index (χ1) is 15.8. The van der Waals surface area contributed by atoms with Gasteiger partial charge in [-0.3, -0.25) is 4.79 Å². The molecule has 10 nitrogen and oxygen atoms in total. The van der Waals surface area contributed by atoms with Crippen molar-refractivity contribution in [2.75, 3.05) is 5.73 Å². The molecule has 3 N–H and O–H groups in total. The van der Waals surface area contributed by atoms with Crippen molar-refractivity contribution in [2.24, 2.45) is 5.10 Å². The Hall–Kier alpha value is -3.25. The van der Waals surface area contributed by atoms with Crippen LogP contribution in [0.5, 0.6) is 5.75 Å². The highest BCUT2D eigenvalue weighted by atomic mass is 79.9. The number of amides is 1. The highest BCUT2D eigenvalue weighted by Gasteiger charge is 2.20. The van der Waals surface area contributed by atoms with Gasteiger partial charge in [-0.2, -0.15) is 5.10 Å². The van der Waals surface area contributed by atoms with Gasteiger partial charge in [0.2, 0.25) is 0 Å². The number of hydrogen-bond donors (Lipinski definition) is 2. The lowest BCUT2D eigenvalue weighted by Gasteiger charge is -2.14. The molecule has 0 atom stereocenters. The minimum atomic E-state index is -0.369. The third-order valence-electron chi connectivity index (χ3n) is 4.47. The molecule has 2 aromatic carbocycles. The predicted molar refractivity (Wildman–Crippen MR) is 131 cm³/mol. The van der Waals surface area contributed by atoms with Gasteiger partial charge in [-0.05, 0) is 64.4 Å². The number of halogens is 2. The number of nitrogens with one attached hydrogen (secondary N) is 1. The van der Waals surface area contributed by atoms with Gasteiger partial charge in [0.25, 0.3) is 5.91 Å². The first kappa shape index (κ1) is 22.9. The number of nitrogens with zero attached hydrogens (tertiary/aromatic N) is 5. The third kappa shape index (κ3) is 5.06. The minimum absolute atomic E-state index is 0.0318. The molecule has 33 heavy (non-hydrogen) atoms. The highest BCUT2D eigenvalue weighted by molar-refractivity contribution is 9.11. The molecular formula is C21H19Br2N7O3. The van der Waals surface area contributed by atoms with E-state index in [0.717, 1.165) is 14.5 Å². The summed E-state index contributed by atoms with van der Waals surface area (Å²) in [5.74, 6) is 0.717. The van der Waals surface area contributed by atoms with Gasteiger partial charge in [-0.25, -0.2) is 15.0 Å². The van der Waals surface area contributed by atoms with Crippen molar-refractivity contribution in [2.45, 2.75) is 26.5 Å². The van der Waals surface area contributed by atoms with Gasteiger partial charge in [0, 0.05) is 10.0 Å². The maximum Gasteiger partial charge on any atom is 0.260 e. The number of nitrogen functional groups attached to an aromatic ring is 1. The van der Waals surface area contributed by atoms with Crippen molar-refractivity contribution in [1.29, 1.82) is 0 Å². The number of aromatic nitrogens is 4. The van der Waals surface area contributed by atoms with Crippen LogP contribution < -0.4 is 15.9 Å². The standard InChI is InChI=1S/C21H19Br2N7O3/c1-11(2)32-19-12(7-13(22)8-14(19)23)9-25-27-17(31)10-30-16-6-4-3-5-15(16)26-21(30)18-20(24)29-33-28-18/h3-9,11H,10H2,1-2H3,(H2,24,29)(H,27,31)/b25-9+. The lowest BCUT2D eigenvalue weighted by atomic mass is 10.2. The largest absolute Gasteiger partial charge is 0.489 e. The Morgan fingerprint density at radius 3 is 2.82 bits per heavy atom. The summed E-state index contributed by atoms with van der Waals surface area (Å²) in [6, 6.07) is 11.1. The molecule has 2 aromatic heterocycles. The zero-order chi connectivity index (χ0) is 23.5. The molecule has 0 spiro atoms. The van der Waals surface area contributed by atoms with E-state index in [1.807, 2.05) is 50.2 Å². The Labute approximate surface area is 205 Å². The maximum absolute atomic E-state index is 12.7. The predicted octanol–water partition coefficient (Wildman–Crippen LogP) is 4.13. The lowest BCUT2D eigenvalue weighted by Crippen LogP contribution is -2.23. The van der Waals surface area contributed by atoms with Crippen molar-refractivity contribution >= 4 is 60.8 Å². The highest BCUT2D eigenvalue weighted by Crippen LogP contribution is 2.33. The van der Waals surface area contributed by atoms with Crippen LogP contribution in [0, 0.1) is 0 Å². The fourth-order valence-corrected chi connectivity index (χ4v) is 4.51. The average Bonchev–Trinajstić information content (AvgIpc) is 3.33. The number of carbonyl (C=O) groups is 1. The van der Waals surface area contributed by atoms with E-state index in [2.05, 4.69) is 57.7 Å². The number of fused-ring (bicyclic) bond motifs is 1. The Balaban J connectivity index is 1.58. The Kier molecular flexibility index (Phi) is 6.75. The number of para-hydroxylation sites is 2. The van der Waals surface area contributed by atoms with Crippen molar-refractivity contribution < 1.29 is 14.2 Å². The number of anilines is 1. The van der Waals surface area contributed by atoms with Crippen LogP contribution in [0.1, 0.15) is 19.4 Å². The van der Waals surface area contributed by atoms with E-state index in [1.165, 1.54) is 6.21 Å². The topological polar surface area (TPSA) is 133 Å². The van der Waals surface area contributed by atoms with E-state index in [9.17, 15) is 4.79 Å². The van der Waals surface area contributed by atoms with Crippen molar-refractivity contribution in [3.05, 3.63) is 50.9 Å². The van der Waals surface area contributed by atoms with Crippen LogP contribution in [0.25, 0.3) is 22.6 Å². The summed E-state index contributed by atoms with van der Waals surface area (Å²) in [4.78, 5) is 17.3. The molecule has 4 rings (SSSR count). The summed E-state index contributed by atoms with van der Waals surface area (Å²) < 4.78 is 13.9. The number of ether oxygens (including phenoxy) is 1. The van der Waals surface area contributed by atoms with Crippen LogP contribution in [0.4, 0.5) is 5.82 Å². The Morgan fingerprint density at radius 2 is 2.09 bits per heavy atom. The third-order valence-corrected chi connectivity index (χ3v) is 5.51. The molecule has 0 aliphatic carbocycles. The molecule has 0 radical (unpaired) electrons. The monoisotopic (exact) mass is 575 g/mol. The van der Waals surface area contributed by atoms with Gasteiger partial charge in [-0.15, -0.1) is 0 Å². The molecule has 0 fully saturated rings. The number of nitrogens with two attached hydrogens (primary N) is 1. The molecule has 0 bridgehead atoms. The smallest absolute Gasteiger partial charge is 0.260 e. The second-order valence-corrected chi connectivity index (χ2v) is 9.04. The molecule has 12 heteroatoms. The minimum Gasteiger partial charge on any atom is -0.489 e. The summed E-state index contributed by atoms with van der Waals surface area (Å²) in [6.45, 7) is 3.79. The van der Waals surface area contributed by atoms with Crippen molar-refractivity contribution in [3.8, 4) is 17.3 Å². The second kappa shape index (κ2) is 9.71. The first-order valence-electron chi connectivity index (χ1n) is 9.84. The SMILES string of the molecule is CC(C)Oc1c(Br)cc(Br)cc1/C=N/NC(=O)Cn1c(-c2nonc2N)nc2ccccc21. The zero-order valence-electron chi connectivity index (χ0n) is 17.6. The van der Waals surface area contributed by atoms with Gasteiger partial charge in [0.1, 0.15) is 12.3 Å². The molecule has 1 amide bonds. The number of carbonyl (C=O) groups excluding carboxylic acids is 1. The van der Waals surface area contributed by atoms with E-state index in [1.54, 1.807) is 4.57 Å². The first-order valence-corrected chi connectivity index (χ1v) is 11.4. The summed E-state index contributed by atoms with van der Waals surface area (Å²) in [6.07, 6.45) is 1.49. The Morgan fingerprint density at radius 1 is 1.30 bits per heavy atom. The van der Waals surface area contributed by atoms with Crippen LogP contribution in [-0.2, 0) is 11.3 Å². The van der Waals surface area contributed by atoms with Gasteiger partial charge >= 0.3 is 0 Å². The van der Waals surface area contributed by atoms with E-state index < -0.39 is 0 Å². The van der Waals surface area contributed by atoms with Crippen LogP contribution in [0.15, 0.2) is 55.1 Å². The van der Waals surface area contributed by atoms with Crippen molar-refractivity contribution in [1.82, 2.24) is 25.3 Å². The molecule has 0 unspecified atom stereocenters. The van der Waals surface area contributed by atoms with E-state index in [-0.39, 0.29) is 30.1 Å². The normalized spacial score (nSPS) is 11.5. The number of benzene rings is 2. The number of hydrazone groups is 1. The molecule has 0 aliphatic rings. The van der Waals surface area contributed by atoms with Crippen LogP contribution in [-0.4, -0.2) is 38.1 Å². The van der Waals surface area contributed by atoms with E-state index in [0.29, 0.717) is 22.7 Å². The number of hydrogen-bond acceptors (Lipinski definition) is 8. The molecule has 0 aliphatic heterocycles. The number of rotatable bonds is 7.